The second-order valence-electron chi connectivity index (χ2n) is 1.37. The molecule has 0 heterocycles. The molecule has 0 saturated carbocycles. The van der Waals surface area contributed by atoms with Crippen molar-refractivity contribution < 1.29 is 9.90 Å². The van der Waals surface area contributed by atoms with E-state index in [4.69, 9.17) is 0 Å². The zero-order valence-electron chi connectivity index (χ0n) is 5.10. The van der Waals surface area contributed by atoms with Crippen LogP contribution in [-0.2, 0) is 4.79 Å². The molecule has 0 aliphatic rings. The van der Waals surface area contributed by atoms with Crippen LogP contribution in [0.2, 0.25) is 0 Å². The Bertz CT molecular complexity index is 103. The van der Waals surface area contributed by atoms with E-state index in [-0.39, 0.29) is 49.3 Å². The molecule has 8 heavy (non-hydrogen) atoms. The van der Waals surface area contributed by atoms with Crippen LogP contribution >= 0.6 is 0 Å². The van der Waals surface area contributed by atoms with E-state index in [1.54, 1.807) is 0 Å². The third-order valence-corrected chi connectivity index (χ3v) is 0.407. The topological polar surface area (TPSA) is 40.1 Å². The molecule has 0 aromatic carbocycles. The van der Waals surface area contributed by atoms with Crippen LogP contribution in [0.1, 0.15) is 13.8 Å². The minimum Gasteiger partial charge on any atom is -0.876 e. The van der Waals surface area contributed by atoms with E-state index in [1.165, 1.54) is 13.8 Å². The van der Waals surface area contributed by atoms with E-state index >= 15 is 0 Å². The maximum absolute atomic E-state index is 9.98. The van der Waals surface area contributed by atoms with Crippen LogP contribution in [0.3, 0.4) is 0 Å². The molecule has 0 spiro atoms. The Morgan fingerprint density at radius 1 is 1.50 bits per heavy atom. The van der Waals surface area contributed by atoms with E-state index in [2.05, 4.69) is 0 Å². The first kappa shape index (κ1) is 11.3. The monoisotopic (exact) mass is 139 g/mol. The fourth-order valence-electron chi connectivity index (χ4n) is 0.286. The van der Waals surface area contributed by atoms with Gasteiger partial charge in [-0.3, -0.25) is 4.79 Å². The fraction of sp³-hybridized carbons (Fsp3) is 0.400. The minimum atomic E-state index is -0.187. The van der Waals surface area contributed by atoms with Crippen molar-refractivity contribution in [3.63, 3.8) is 0 Å². The molecule has 0 N–H and O–H groups in total. The third-order valence-electron chi connectivity index (χ3n) is 0.407. The molecular weight excluding hydrogens is 132 g/mol. The van der Waals surface area contributed by atoms with Crippen LogP contribution in [0.4, 0.5) is 0 Å². The molecule has 0 radical (unpaired) electrons. The van der Waals surface area contributed by atoms with Gasteiger partial charge in [-0.2, -0.15) is 0 Å². The van der Waals surface area contributed by atoms with Crippen molar-refractivity contribution in [1.82, 2.24) is 0 Å². The first-order valence-electron chi connectivity index (χ1n) is 1.99. The Hall–Kier alpha value is 0.470. The molecule has 40 valence electrons. The van der Waals surface area contributed by atoms with Gasteiger partial charge < -0.3 is 5.11 Å². The van der Waals surface area contributed by atoms with Crippen LogP contribution in [0, 0.1) is 0 Å². The van der Waals surface area contributed by atoms with Gasteiger partial charge in [-0.05, 0) is 13.0 Å². The Morgan fingerprint density at radius 2 is 1.88 bits per heavy atom. The molecule has 0 rings (SSSR count). The van der Waals surface area contributed by atoms with Gasteiger partial charge >= 0.3 is 37.7 Å². The Morgan fingerprint density at radius 3 is 1.88 bits per heavy atom. The zero-order chi connectivity index (χ0) is 5.86. The Kier molecular flexibility index (Phi) is 7.91. The summed E-state index contributed by atoms with van der Waals surface area (Å²) in [6.07, 6.45) is 1.06. The molecule has 0 aliphatic carbocycles. The van der Waals surface area contributed by atoms with Crippen molar-refractivity contribution in [2.24, 2.45) is 0 Å². The van der Waals surface area contributed by atoms with Crippen molar-refractivity contribution in [2.75, 3.05) is 0 Å². The molecule has 0 aromatic rings. The quantitative estimate of drug-likeness (QED) is 0.278. The van der Waals surface area contributed by atoms with E-state index < -0.39 is 0 Å². The van der Waals surface area contributed by atoms with Crippen molar-refractivity contribution in [1.29, 1.82) is 0 Å². The summed E-state index contributed by atoms with van der Waals surface area (Å²) in [5.74, 6) is -0.375. The summed E-state index contributed by atoms with van der Waals surface area (Å²) in [7, 11) is 0. The Labute approximate surface area is 78.6 Å². The number of hydrogen-bond acceptors (Lipinski definition) is 2. The molecule has 3 heteroatoms. The largest absolute Gasteiger partial charge is 2.00 e. The number of carbonyl (C=O) groups excluding carboxylic acids is 1. The van der Waals surface area contributed by atoms with Crippen LogP contribution in [-0.4, -0.2) is 43.5 Å². The summed E-state index contributed by atoms with van der Waals surface area (Å²) >= 11 is 0. The van der Waals surface area contributed by atoms with Gasteiger partial charge in [-0.25, -0.2) is 0 Å². The normalized spacial score (nSPS) is 10.0. The molecule has 0 bridgehead atoms. The van der Waals surface area contributed by atoms with Gasteiger partial charge in [-0.1, -0.05) is 6.92 Å². The summed E-state index contributed by atoms with van der Waals surface area (Å²) in [4.78, 5) is 9.98. The summed E-state index contributed by atoms with van der Waals surface area (Å²) in [5.41, 5.74) is 0. The molecule has 0 aromatic heterocycles. The minimum absolute atomic E-state index is 0. The summed E-state index contributed by atoms with van der Waals surface area (Å²) < 4.78 is 0. The van der Waals surface area contributed by atoms with Crippen LogP contribution < -0.4 is 5.11 Å². The summed E-state index contributed by atoms with van der Waals surface area (Å²) in [5, 5.41) is 9.98. The van der Waals surface area contributed by atoms with Gasteiger partial charge in [0, 0.05) is 0 Å². The number of allylic oxidation sites excluding steroid dienone is 2. The number of hydrogen-bond donors (Lipinski definition) is 0. The first-order chi connectivity index (χ1) is 3.13. The van der Waals surface area contributed by atoms with Crippen LogP contribution in [0.25, 0.3) is 0 Å². The average molecular weight is 139 g/mol. The molecule has 0 saturated heterocycles. The molecule has 0 fully saturated rings. The number of ketones is 1. The number of rotatable bonds is 1. The second kappa shape index (κ2) is 5.60. The first-order valence-corrected chi connectivity index (χ1v) is 1.99. The van der Waals surface area contributed by atoms with Gasteiger partial charge in [0.1, 0.15) is 0 Å². The van der Waals surface area contributed by atoms with Crippen molar-refractivity contribution in [3.8, 4) is 0 Å². The van der Waals surface area contributed by atoms with Crippen molar-refractivity contribution >= 4 is 43.5 Å². The maximum atomic E-state index is 9.98. The van der Waals surface area contributed by atoms with Gasteiger partial charge in [0.2, 0.25) is 0 Å². The van der Waals surface area contributed by atoms with E-state index in [9.17, 15) is 9.90 Å². The van der Waals surface area contributed by atoms with Gasteiger partial charge in [0.05, 0.1) is 0 Å². The predicted molar refractivity (Wildman–Crippen MR) is 30.2 cm³/mol. The SMILES string of the molecule is CC(=O)/C=C(/C)[O-].[Ca+2]. The van der Waals surface area contributed by atoms with Gasteiger partial charge in [0.15, 0.2) is 5.78 Å². The van der Waals surface area contributed by atoms with Crippen molar-refractivity contribution in [3.05, 3.63) is 11.8 Å². The van der Waals surface area contributed by atoms with E-state index in [0.29, 0.717) is 0 Å². The van der Waals surface area contributed by atoms with E-state index in [0.717, 1.165) is 6.08 Å². The molecule has 0 atom stereocenters. The van der Waals surface area contributed by atoms with Crippen LogP contribution in [0.5, 0.6) is 0 Å². The molecule has 0 amide bonds. The Balaban J connectivity index is 0. The van der Waals surface area contributed by atoms with E-state index in [1.807, 2.05) is 0 Å². The van der Waals surface area contributed by atoms with Gasteiger partial charge in [-0.15, -0.1) is 5.76 Å². The number of carbonyl (C=O) groups is 1. The second-order valence-corrected chi connectivity index (χ2v) is 1.37. The average Bonchev–Trinajstić information content (AvgIpc) is 1.27. The van der Waals surface area contributed by atoms with Crippen LogP contribution in [0.15, 0.2) is 11.8 Å². The molecule has 2 nitrogen and oxygen atoms in total. The third kappa shape index (κ3) is 9.69. The molecule has 0 aliphatic heterocycles. The summed E-state index contributed by atoms with van der Waals surface area (Å²) in [6.45, 7) is 2.70. The zero-order valence-corrected chi connectivity index (χ0v) is 7.31. The smallest absolute Gasteiger partial charge is 0.876 e. The molecule has 0 unspecified atom stereocenters. The van der Waals surface area contributed by atoms with Gasteiger partial charge in [0.25, 0.3) is 0 Å². The maximum Gasteiger partial charge on any atom is 2.00 e. The standard InChI is InChI=1S/C5H8O2.Ca/c1-4(6)3-5(2)7;/h3,6H,1-2H3;/q;+2/p-1/b4-3-;. The van der Waals surface area contributed by atoms with Crippen molar-refractivity contribution in [2.45, 2.75) is 13.8 Å². The molecular formula is C5H7CaO2+. The fourth-order valence-corrected chi connectivity index (χ4v) is 0.286. The predicted octanol–water partition coefficient (Wildman–Crippen LogP) is -0.541. The summed E-state index contributed by atoms with van der Waals surface area (Å²) in [6, 6.07) is 0.